The van der Waals surface area contributed by atoms with Gasteiger partial charge in [-0.05, 0) is 73.8 Å². The molecular formula is C34H24B2O4. The first-order chi connectivity index (χ1) is 19.4. The highest BCUT2D eigenvalue weighted by molar-refractivity contribution is 7.00. The molecule has 4 heterocycles. The summed E-state index contributed by atoms with van der Waals surface area (Å²) >= 11 is 0. The van der Waals surface area contributed by atoms with Crippen LogP contribution in [0.2, 0.25) is 0 Å². The molecule has 4 aliphatic rings. The monoisotopic (exact) mass is 518 g/mol. The molecule has 0 aliphatic carbocycles. The van der Waals surface area contributed by atoms with Crippen molar-refractivity contribution in [3.8, 4) is 46.0 Å². The predicted octanol–water partition coefficient (Wildman–Crippen LogP) is 4.38. The van der Waals surface area contributed by atoms with Gasteiger partial charge in [0.2, 0.25) is 0 Å². The van der Waals surface area contributed by atoms with Gasteiger partial charge in [0.1, 0.15) is 23.0 Å². The molecule has 0 amide bonds. The molecule has 6 heteroatoms. The lowest BCUT2D eigenvalue weighted by atomic mass is 9.32. The van der Waals surface area contributed by atoms with Gasteiger partial charge >= 0.3 is 0 Å². The van der Waals surface area contributed by atoms with Crippen molar-refractivity contribution in [3.05, 3.63) is 95.1 Å². The summed E-state index contributed by atoms with van der Waals surface area (Å²) in [5.41, 5.74) is 11.2. The van der Waals surface area contributed by atoms with Crippen molar-refractivity contribution in [2.75, 3.05) is 0 Å². The Morgan fingerprint density at radius 2 is 0.625 bits per heavy atom. The molecule has 0 atom stereocenters. The largest absolute Gasteiger partial charge is 0.454 e. The Hall–Kier alpha value is -4.57. The van der Waals surface area contributed by atoms with Gasteiger partial charge < -0.3 is 18.9 Å². The smallest absolute Gasteiger partial charge is 0.261 e. The molecule has 0 fully saturated rings. The normalized spacial score (nSPS) is 14.2. The van der Waals surface area contributed by atoms with Crippen LogP contribution in [0.5, 0.6) is 46.0 Å². The van der Waals surface area contributed by atoms with Crippen LogP contribution in [0.1, 0.15) is 22.3 Å². The maximum Gasteiger partial charge on any atom is 0.261 e. The molecule has 0 aromatic heterocycles. The second kappa shape index (κ2) is 7.54. The van der Waals surface area contributed by atoms with E-state index in [0.29, 0.717) is 0 Å². The second-order valence-corrected chi connectivity index (χ2v) is 11.6. The second-order valence-electron chi connectivity index (χ2n) is 11.6. The van der Waals surface area contributed by atoms with Gasteiger partial charge in [-0.1, -0.05) is 70.8 Å². The average molecular weight is 518 g/mol. The first kappa shape index (κ1) is 22.3. The van der Waals surface area contributed by atoms with Crippen LogP contribution in [0.15, 0.2) is 72.8 Å². The van der Waals surface area contributed by atoms with Gasteiger partial charge in [0.15, 0.2) is 23.0 Å². The van der Waals surface area contributed by atoms with Gasteiger partial charge in [0.25, 0.3) is 13.4 Å². The minimum absolute atomic E-state index is 0.0664. The average Bonchev–Trinajstić information content (AvgIpc) is 2.95. The summed E-state index contributed by atoms with van der Waals surface area (Å²) in [6.45, 7) is 8.36. The summed E-state index contributed by atoms with van der Waals surface area (Å²) in [6, 6.07) is 25.7. The number of fused-ring (bicyclic) bond motifs is 10. The van der Waals surface area contributed by atoms with E-state index < -0.39 is 0 Å². The highest BCUT2D eigenvalue weighted by Gasteiger charge is 2.50. The minimum Gasteiger partial charge on any atom is -0.454 e. The Labute approximate surface area is 233 Å². The molecule has 0 radical (unpaired) electrons. The third kappa shape index (κ3) is 2.83. The number of ether oxygens (including phenoxy) is 4. The molecule has 190 valence electrons. The first-order valence-electron chi connectivity index (χ1n) is 13.8. The zero-order chi connectivity index (χ0) is 26.9. The van der Waals surface area contributed by atoms with Gasteiger partial charge in [0.05, 0.1) is 0 Å². The molecule has 0 N–H and O–H groups in total. The molecule has 0 unspecified atom stereocenters. The van der Waals surface area contributed by atoms with E-state index in [0.717, 1.165) is 78.8 Å². The van der Waals surface area contributed by atoms with Crippen LogP contribution in [0, 0.1) is 27.7 Å². The summed E-state index contributed by atoms with van der Waals surface area (Å²) in [7, 11) is 0. The van der Waals surface area contributed by atoms with Crippen LogP contribution < -0.4 is 51.7 Å². The van der Waals surface area contributed by atoms with E-state index >= 15 is 0 Å². The van der Waals surface area contributed by atoms with Crippen molar-refractivity contribution in [2.45, 2.75) is 27.7 Å². The number of rotatable bonds is 0. The van der Waals surface area contributed by atoms with E-state index in [1.54, 1.807) is 0 Å². The molecule has 0 saturated heterocycles. The molecule has 5 aromatic rings. The van der Waals surface area contributed by atoms with Crippen LogP contribution >= 0.6 is 0 Å². The quantitative estimate of drug-likeness (QED) is 0.280. The van der Waals surface area contributed by atoms with Crippen LogP contribution in [0.25, 0.3) is 0 Å². The molecule has 9 rings (SSSR count). The molecular weight excluding hydrogens is 494 g/mol. The van der Waals surface area contributed by atoms with Crippen molar-refractivity contribution < 1.29 is 18.9 Å². The molecule has 0 saturated carbocycles. The summed E-state index contributed by atoms with van der Waals surface area (Å²) in [5.74, 6) is 6.28. The zero-order valence-corrected chi connectivity index (χ0v) is 22.7. The van der Waals surface area contributed by atoms with Crippen molar-refractivity contribution in [1.29, 1.82) is 0 Å². The lowest BCUT2D eigenvalue weighted by molar-refractivity contribution is 0.396. The highest BCUT2D eigenvalue weighted by atomic mass is 16.5. The van der Waals surface area contributed by atoms with Crippen LogP contribution in [-0.2, 0) is 0 Å². The fourth-order valence-electron chi connectivity index (χ4n) is 6.97. The van der Waals surface area contributed by atoms with Crippen LogP contribution in [-0.4, -0.2) is 13.4 Å². The van der Waals surface area contributed by atoms with Gasteiger partial charge in [-0.2, -0.15) is 0 Å². The van der Waals surface area contributed by atoms with E-state index in [4.69, 9.17) is 18.9 Å². The summed E-state index contributed by atoms with van der Waals surface area (Å²) in [6.07, 6.45) is 0. The van der Waals surface area contributed by atoms with Gasteiger partial charge in [-0.15, -0.1) is 0 Å². The van der Waals surface area contributed by atoms with Crippen LogP contribution in [0.3, 0.4) is 0 Å². The molecule has 4 aliphatic heterocycles. The van der Waals surface area contributed by atoms with Gasteiger partial charge in [-0.3, -0.25) is 0 Å². The topological polar surface area (TPSA) is 36.9 Å². The van der Waals surface area contributed by atoms with Crippen molar-refractivity contribution in [1.82, 2.24) is 0 Å². The maximum atomic E-state index is 6.78. The molecule has 0 bridgehead atoms. The van der Waals surface area contributed by atoms with E-state index in [9.17, 15) is 0 Å². The Kier molecular flexibility index (Phi) is 4.20. The Balaban J connectivity index is 1.41. The third-order valence-corrected chi connectivity index (χ3v) is 8.72. The summed E-state index contributed by atoms with van der Waals surface area (Å²) < 4.78 is 27.1. The van der Waals surface area contributed by atoms with E-state index in [-0.39, 0.29) is 13.4 Å². The van der Waals surface area contributed by atoms with E-state index in [1.807, 2.05) is 0 Å². The maximum absolute atomic E-state index is 6.78. The lowest BCUT2D eigenvalue weighted by Gasteiger charge is -2.40. The Morgan fingerprint density at radius 1 is 0.375 bits per heavy atom. The van der Waals surface area contributed by atoms with Gasteiger partial charge in [-0.25, -0.2) is 0 Å². The SMILES string of the molecule is Cc1ccc2c(c1)B1c3cc(C)ccc3Oc3c4c5c(c(c31)O2)Oc1ccc(C)cc1B5c1cc(C)ccc1O4. The van der Waals surface area contributed by atoms with E-state index in [1.165, 1.54) is 22.3 Å². The van der Waals surface area contributed by atoms with Crippen molar-refractivity contribution in [3.63, 3.8) is 0 Å². The highest BCUT2D eigenvalue weighted by Crippen LogP contribution is 2.49. The molecule has 0 spiro atoms. The van der Waals surface area contributed by atoms with Crippen LogP contribution in [0.4, 0.5) is 0 Å². The summed E-state index contributed by atoms with van der Waals surface area (Å²) in [4.78, 5) is 0. The van der Waals surface area contributed by atoms with Crippen molar-refractivity contribution in [2.24, 2.45) is 0 Å². The van der Waals surface area contributed by atoms with Crippen molar-refractivity contribution >= 4 is 46.2 Å². The lowest BCUT2D eigenvalue weighted by Crippen LogP contribution is -2.61. The zero-order valence-electron chi connectivity index (χ0n) is 22.7. The minimum atomic E-state index is -0.0664. The fourth-order valence-corrected chi connectivity index (χ4v) is 6.97. The number of hydrogen-bond donors (Lipinski definition) is 0. The van der Waals surface area contributed by atoms with E-state index in [2.05, 4.69) is 100 Å². The number of benzene rings is 5. The number of aryl methyl sites for hydroxylation is 4. The number of hydrogen-bond acceptors (Lipinski definition) is 4. The Bertz CT molecular complexity index is 1700. The molecule has 4 nitrogen and oxygen atoms in total. The third-order valence-electron chi connectivity index (χ3n) is 8.72. The Morgan fingerprint density at radius 3 is 0.875 bits per heavy atom. The predicted molar refractivity (Wildman–Crippen MR) is 161 cm³/mol. The standard InChI is InChI=1S/C34H24B2O4/c1-17-5-9-25-21(13-17)35-22-14-18(2)6-10-26(22)38-32-29(35)31(37-25)33-30-34(32)40-28-12-8-20(4)16-24(28)36(30)23-15-19(3)7-11-27(23)39-33/h5-16H,1-4H3. The van der Waals surface area contributed by atoms with Gasteiger partial charge in [0, 0.05) is 10.9 Å². The molecule has 40 heavy (non-hydrogen) atoms. The fraction of sp³-hybridized carbons (Fsp3) is 0.118. The molecule has 5 aromatic carbocycles. The first-order valence-corrected chi connectivity index (χ1v) is 13.8. The summed E-state index contributed by atoms with van der Waals surface area (Å²) in [5, 5.41) is 0.